The maximum absolute atomic E-state index is 11.7. The molecule has 1 aromatic carbocycles. The van der Waals surface area contributed by atoms with Gasteiger partial charge in [-0.2, -0.15) is 0 Å². The van der Waals surface area contributed by atoms with Gasteiger partial charge >= 0.3 is 0 Å². The first-order valence-corrected chi connectivity index (χ1v) is 10.6. The van der Waals surface area contributed by atoms with E-state index in [1.165, 1.54) is 0 Å². The minimum atomic E-state index is -2.07. The number of piperazine rings is 1. The molecule has 2 heterocycles. The van der Waals surface area contributed by atoms with Crippen molar-refractivity contribution in [2.75, 3.05) is 46.0 Å². The molecule has 1 aliphatic carbocycles. The van der Waals surface area contributed by atoms with Crippen molar-refractivity contribution in [3.8, 4) is 0 Å². The lowest BCUT2D eigenvalue weighted by Crippen LogP contribution is -2.46. The zero-order chi connectivity index (χ0) is 20.4. The Hall–Kier alpha value is -2.85. The Morgan fingerprint density at radius 3 is 2.38 bits per heavy atom. The number of carbonyl (C=O) groups is 1. The van der Waals surface area contributed by atoms with Crippen molar-refractivity contribution in [2.24, 2.45) is 5.73 Å². The predicted molar refractivity (Wildman–Crippen MR) is 115 cm³/mol. The molecule has 4 rings (SSSR count). The summed E-state index contributed by atoms with van der Waals surface area (Å²) in [7, 11) is 0. The highest BCUT2D eigenvalue weighted by molar-refractivity contribution is 7.80. The van der Waals surface area contributed by atoms with E-state index in [0.29, 0.717) is 17.3 Å². The van der Waals surface area contributed by atoms with Crippen molar-refractivity contribution in [1.29, 1.82) is 0 Å². The van der Waals surface area contributed by atoms with Gasteiger partial charge in [-0.3, -0.25) is 14.1 Å². The molecular weight excluding hydrogens is 392 g/mol. The van der Waals surface area contributed by atoms with Crippen LogP contribution in [0.3, 0.4) is 0 Å². The average Bonchev–Trinajstić information content (AvgIpc) is 3.52. The molecule has 1 saturated carbocycles. The van der Waals surface area contributed by atoms with Gasteiger partial charge < -0.3 is 20.9 Å². The molecule has 1 saturated heterocycles. The second-order valence-corrected chi connectivity index (χ2v) is 7.95. The Morgan fingerprint density at radius 1 is 1.14 bits per heavy atom. The van der Waals surface area contributed by atoms with Gasteiger partial charge in [-0.05, 0) is 37.1 Å². The van der Waals surface area contributed by atoms with E-state index in [4.69, 9.17) is 10.3 Å². The Kier molecular flexibility index (Phi) is 5.54. The van der Waals surface area contributed by atoms with Gasteiger partial charge in [0, 0.05) is 55.9 Å². The predicted octanol–water partition coefficient (Wildman–Crippen LogP) is 1.63. The smallest absolute Gasteiger partial charge is 0.259 e. The highest BCUT2D eigenvalue weighted by Gasteiger charge is 2.25. The van der Waals surface area contributed by atoms with E-state index in [0.717, 1.165) is 56.2 Å². The van der Waals surface area contributed by atoms with E-state index < -0.39 is 17.2 Å². The molecule has 9 nitrogen and oxygen atoms in total. The lowest BCUT2D eigenvalue weighted by atomic mass is 10.2. The summed E-state index contributed by atoms with van der Waals surface area (Å²) in [6, 6.07) is 9.78. The molecule has 2 aromatic rings. The van der Waals surface area contributed by atoms with E-state index in [9.17, 15) is 9.00 Å². The zero-order valence-electron chi connectivity index (χ0n) is 15.9. The Morgan fingerprint density at radius 2 is 1.79 bits per heavy atom. The van der Waals surface area contributed by atoms with E-state index >= 15 is 0 Å². The minimum Gasteiger partial charge on any atom is -0.382 e. The number of pyridine rings is 1. The number of hydrogen-bond donors (Lipinski definition) is 4. The van der Waals surface area contributed by atoms with Crippen LogP contribution in [0.1, 0.15) is 23.2 Å². The van der Waals surface area contributed by atoms with Gasteiger partial charge in [0.25, 0.3) is 17.2 Å². The molecule has 1 amide bonds. The number of carbonyl (C=O) groups excluding carboxylic acids is 1. The van der Waals surface area contributed by atoms with Gasteiger partial charge in [0.15, 0.2) is 0 Å². The molecule has 10 heteroatoms. The summed E-state index contributed by atoms with van der Waals surface area (Å²) in [6.07, 6.45) is 3.78. The van der Waals surface area contributed by atoms with Crippen LogP contribution in [0, 0.1) is 0 Å². The fourth-order valence-corrected chi connectivity index (χ4v) is 3.75. The number of anilines is 4. The van der Waals surface area contributed by atoms with Gasteiger partial charge in [-0.1, -0.05) is 0 Å². The second kappa shape index (κ2) is 8.26. The zero-order valence-corrected chi connectivity index (χ0v) is 16.7. The summed E-state index contributed by atoms with van der Waals surface area (Å²) < 4.78 is 22.2. The first-order valence-electron chi connectivity index (χ1n) is 9.53. The van der Waals surface area contributed by atoms with Crippen molar-refractivity contribution in [1.82, 2.24) is 4.98 Å². The summed E-state index contributed by atoms with van der Waals surface area (Å²) in [5.74, 6) is 0.364. The number of hydrogen-bond acceptors (Lipinski definition) is 6. The van der Waals surface area contributed by atoms with Crippen LogP contribution in [0.25, 0.3) is 0 Å². The first-order chi connectivity index (χ1) is 14.0. The van der Waals surface area contributed by atoms with Crippen molar-refractivity contribution < 1.29 is 13.6 Å². The molecule has 1 aromatic heterocycles. The Labute approximate surface area is 171 Å². The SMILES string of the molecule is NC(=O)c1cnc(N2CCN(c3ccc(NS(=O)O)cc3)CC2)cc1NC1CC1. The van der Waals surface area contributed by atoms with E-state index in [1.807, 2.05) is 18.2 Å². The third-order valence-corrected chi connectivity index (χ3v) is 5.54. The minimum absolute atomic E-state index is 0.418. The summed E-state index contributed by atoms with van der Waals surface area (Å²) in [4.78, 5) is 20.6. The van der Waals surface area contributed by atoms with Crippen molar-refractivity contribution in [3.63, 3.8) is 0 Å². The topological polar surface area (TPSA) is 124 Å². The number of amides is 1. The van der Waals surface area contributed by atoms with Gasteiger partial charge in [-0.15, -0.1) is 0 Å². The molecule has 5 N–H and O–H groups in total. The molecule has 0 radical (unpaired) electrons. The number of benzene rings is 1. The lowest BCUT2D eigenvalue weighted by molar-refractivity contribution is 0.100. The van der Waals surface area contributed by atoms with Gasteiger partial charge in [0.1, 0.15) is 5.82 Å². The molecule has 1 atom stereocenters. The molecule has 1 unspecified atom stereocenters. The lowest BCUT2D eigenvalue weighted by Gasteiger charge is -2.37. The monoisotopic (exact) mass is 416 g/mol. The number of rotatable bonds is 7. The molecule has 2 fully saturated rings. The van der Waals surface area contributed by atoms with Crippen LogP contribution in [-0.4, -0.2) is 51.9 Å². The summed E-state index contributed by atoms with van der Waals surface area (Å²) >= 11 is -2.07. The molecule has 0 spiro atoms. The summed E-state index contributed by atoms with van der Waals surface area (Å²) in [6.45, 7) is 3.24. The van der Waals surface area contributed by atoms with Crippen LogP contribution in [-0.2, 0) is 11.3 Å². The Balaban J connectivity index is 1.41. The molecule has 1 aliphatic heterocycles. The maximum Gasteiger partial charge on any atom is 0.259 e. The van der Waals surface area contributed by atoms with Crippen LogP contribution >= 0.6 is 0 Å². The third kappa shape index (κ3) is 4.77. The van der Waals surface area contributed by atoms with Crippen LogP contribution in [0.5, 0.6) is 0 Å². The maximum atomic E-state index is 11.7. The van der Waals surface area contributed by atoms with Gasteiger partial charge in [-0.25, -0.2) is 9.19 Å². The van der Waals surface area contributed by atoms with E-state index in [2.05, 4.69) is 24.8 Å². The third-order valence-electron chi connectivity index (χ3n) is 5.13. The second-order valence-electron chi connectivity index (χ2n) is 7.24. The normalized spacial score (nSPS) is 17.7. The van der Waals surface area contributed by atoms with Crippen LogP contribution < -0.4 is 25.6 Å². The van der Waals surface area contributed by atoms with Crippen molar-refractivity contribution in [3.05, 3.63) is 42.1 Å². The van der Waals surface area contributed by atoms with Gasteiger partial charge in [0.2, 0.25) is 0 Å². The summed E-state index contributed by atoms with van der Waals surface area (Å²) in [5, 5.41) is 3.38. The number of nitrogens with one attached hydrogen (secondary N) is 2. The highest BCUT2D eigenvalue weighted by atomic mass is 32.2. The number of nitrogens with two attached hydrogens (primary N) is 1. The standard InChI is InChI=1S/C19H24N6O3S/c20-19(26)16-12-21-18(11-17(16)22-13-1-2-13)25-9-7-24(8-10-25)15-5-3-14(4-6-15)23-29(27)28/h3-6,11-13,23H,1-2,7-10H2,(H2,20,26)(H,21,22)(H,27,28). The fraction of sp³-hybridized carbons (Fsp3) is 0.368. The highest BCUT2D eigenvalue weighted by Crippen LogP contribution is 2.29. The molecule has 2 aliphatic rings. The molecular formula is C19H24N6O3S. The van der Waals surface area contributed by atoms with E-state index in [-0.39, 0.29) is 0 Å². The average molecular weight is 417 g/mol. The first kappa shape index (κ1) is 19.5. The fourth-order valence-electron chi connectivity index (χ4n) is 3.42. The molecule has 0 bridgehead atoms. The molecule has 29 heavy (non-hydrogen) atoms. The Bertz CT molecular complexity index is 911. The van der Waals surface area contributed by atoms with Crippen molar-refractivity contribution >= 4 is 40.1 Å². The van der Waals surface area contributed by atoms with Crippen molar-refractivity contribution in [2.45, 2.75) is 18.9 Å². The number of nitrogens with zero attached hydrogens (tertiary/aromatic N) is 3. The number of aromatic nitrogens is 1. The quantitative estimate of drug-likeness (QED) is 0.506. The number of primary amides is 1. The van der Waals surface area contributed by atoms with Gasteiger partial charge in [0.05, 0.1) is 11.3 Å². The van der Waals surface area contributed by atoms with E-state index in [1.54, 1.807) is 18.3 Å². The van der Waals surface area contributed by atoms with Crippen LogP contribution in [0.15, 0.2) is 36.5 Å². The summed E-state index contributed by atoms with van der Waals surface area (Å²) in [5.41, 5.74) is 8.33. The molecule has 154 valence electrons. The van der Waals surface area contributed by atoms with Crippen LogP contribution in [0.2, 0.25) is 0 Å². The largest absolute Gasteiger partial charge is 0.382 e. The van der Waals surface area contributed by atoms with Crippen LogP contribution in [0.4, 0.5) is 22.9 Å².